The van der Waals surface area contributed by atoms with Crippen LogP contribution in [-0.2, 0) is 6.42 Å². The molecule has 2 aromatic carbocycles. The molecule has 4 nitrogen and oxygen atoms in total. The summed E-state index contributed by atoms with van der Waals surface area (Å²) in [6, 6.07) is 8.53. The highest BCUT2D eigenvalue weighted by Crippen LogP contribution is 2.36. The van der Waals surface area contributed by atoms with E-state index in [0.717, 1.165) is 18.4 Å². The van der Waals surface area contributed by atoms with Crippen molar-refractivity contribution in [1.82, 2.24) is 0 Å². The first-order chi connectivity index (χ1) is 10.1. The zero-order valence-electron chi connectivity index (χ0n) is 11.8. The lowest BCUT2D eigenvalue weighted by Gasteiger charge is -2.21. The summed E-state index contributed by atoms with van der Waals surface area (Å²) in [5.74, 6) is -0.392. The van der Waals surface area contributed by atoms with Crippen LogP contribution >= 0.6 is 0 Å². The van der Waals surface area contributed by atoms with E-state index in [4.69, 9.17) is 11.5 Å². The Balaban J connectivity index is 2.30. The van der Waals surface area contributed by atoms with Gasteiger partial charge < -0.3 is 11.5 Å². The molecular formula is C17H16N2O2. The van der Waals surface area contributed by atoms with E-state index >= 15 is 0 Å². The molecule has 0 bridgehead atoms. The Hall–Kier alpha value is -2.62. The first kappa shape index (κ1) is 13.4. The summed E-state index contributed by atoms with van der Waals surface area (Å²) in [6.45, 7) is 2.03. The fourth-order valence-corrected chi connectivity index (χ4v) is 2.84. The number of nitrogens with two attached hydrogens (primary N) is 2. The van der Waals surface area contributed by atoms with E-state index in [9.17, 15) is 9.59 Å². The molecule has 0 fully saturated rings. The first-order valence-electron chi connectivity index (χ1n) is 6.95. The molecule has 0 aliphatic heterocycles. The molecule has 0 unspecified atom stereocenters. The SMILES string of the molecule is CCCc1cc2c(c(N)c1N)C(=O)c1ccccc1C2=O. The molecule has 0 atom stereocenters. The van der Waals surface area contributed by atoms with Gasteiger partial charge in [-0.05, 0) is 18.1 Å². The Labute approximate surface area is 122 Å². The van der Waals surface area contributed by atoms with Gasteiger partial charge in [0.15, 0.2) is 11.6 Å². The second-order valence-electron chi connectivity index (χ2n) is 5.24. The molecule has 0 aromatic heterocycles. The predicted octanol–water partition coefficient (Wildman–Crippen LogP) is 2.58. The lowest BCUT2D eigenvalue weighted by Crippen LogP contribution is -2.23. The van der Waals surface area contributed by atoms with Gasteiger partial charge in [0.25, 0.3) is 0 Å². The lowest BCUT2D eigenvalue weighted by molar-refractivity contribution is 0.0979. The number of fused-ring (bicyclic) bond motifs is 2. The second-order valence-corrected chi connectivity index (χ2v) is 5.24. The topological polar surface area (TPSA) is 86.2 Å². The van der Waals surface area contributed by atoms with Gasteiger partial charge in [0, 0.05) is 16.7 Å². The minimum absolute atomic E-state index is 0.163. The largest absolute Gasteiger partial charge is 0.397 e. The van der Waals surface area contributed by atoms with Crippen LogP contribution in [0, 0.1) is 0 Å². The molecule has 0 heterocycles. The minimum atomic E-state index is -0.229. The average Bonchev–Trinajstić information content (AvgIpc) is 2.49. The molecule has 0 radical (unpaired) electrons. The van der Waals surface area contributed by atoms with Crippen LogP contribution < -0.4 is 11.5 Å². The van der Waals surface area contributed by atoms with Crippen LogP contribution in [0.3, 0.4) is 0 Å². The van der Waals surface area contributed by atoms with Gasteiger partial charge >= 0.3 is 0 Å². The molecule has 21 heavy (non-hydrogen) atoms. The van der Waals surface area contributed by atoms with Crippen molar-refractivity contribution in [2.75, 3.05) is 11.5 Å². The van der Waals surface area contributed by atoms with Crippen molar-refractivity contribution in [3.63, 3.8) is 0 Å². The molecule has 0 amide bonds. The van der Waals surface area contributed by atoms with Crippen LogP contribution in [0.15, 0.2) is 30.3 Å². The fourth-order valence-electron chi connectivity index (χ4n) is 2.84. The maximum absolute atomic E-state index is 12.6. The highest BCUT2D eigenvalue weighted by atomic mass is 16.1. The van der Waals surface area contributed by atoms with Gasteiger partial charge in [-0.25, -0.2) is 0 Å². The molecule has 0 saturated carbocycles. The Kier molecular flexibility index (Phi) is 3.01. The quantitative estimate of drug-likeness (QED) is 0.706. The van der Waals surface area contributed by atoms with E-state index in [-0.39, 0.29) is 22.8 Å². The average molecular weight is 280 g/mol. The highest BCUT2D eigenvalue weighted by molar-refractivity contribution is 6.30. The highest BCUT2D eigenvalue weighted by Gasteiger charge is 2.32. The van der Waals surface area contributed by atoms with Gasteiger partial charge in [0.1, 0.15) is 0 Å². The molecule has 0 spiro atoms. The zero-order chi connectivity index (χ0) is 15.1. The molecule has 4 heteroatoms. The van der Waals surface area contributed by atoms with Crippen molar-refractivity contribution in [3.8, 4) is 0 Å². The van der Waals surface area contributed by atoms with Crippen LogP contribution in [0.1, 0.15) is 50.8 Å². The summed E-state index contributed by atoms with van der Waals surface area (Å²) in [7, 11) is 0. The van der Waals surface area contributed by atoms with E-state index in [0.29, 0.717) is 22.4 Å². The van der Waals surface area contributed by atoms with E-state index in [1.807, 2.05) is 6.92 Å². The molecule has 1 aliphatic rings. The number of carbonyl (C=O) groups excluding carboxylic acids is 2. The van der Waals surface area contributed by atoms with E-state index in [2.05, 4.69) is 0 Å². The number of benzene rings is 2. The Morgan fingerprint density at radius 2 is 1.52 bits per heavy atom. The molecule has 106 valence electrons. The van der Waals surface area contributed by atoms with Crippen molar-refractivity contribution >= 4 is 22.9 Å². The second kappa shape index (κ2) is 4.74. The molecule has 1 aliphatic carbocycles. The van der Waals surface area contributed by atoms with Crippen LogP contribution in [-0.4, -0.2) is 11.6 Å². The maximum Gasteiger partial charge on any atom is 0.196 e. The minimum Gasteiger partial charge on any atom is -0.397 e. The Morgan fingerprint density at radius 1 is 0.905 bits per heavy atom. The van der Waals surface area contributed by atoms with Crippen molar-refractivity contribution in [3.05, 3.63) is 58.1 Å². The van der Waals surface area contributed by atoms with Gasteiger partial charge in [0.2, 0.25) is 0 Å². The Bertz CT molecular complexity index is 779. The summed E-state index contributed by atoms with van der Waals surface area (Å²) in [5, 5.41) is 0. The van der Waals surface area contributed by atoms with Gasteiger partial charge in [0.05, 0.1) is 16.9 Å². The maximum atomic E-state index is 12.6. The Morgan fingerprint density at radius 3 is 2.14 bits per heavy atom. The molecule has 3 rings (SSSR count). The van der Waals surface area contributed by atoms with Gasteiger partial charge in [-0.1, -0.05) is 37.6 Å². The number of hydrogen-bond donors (Lipinski definition) is 2. The van der Waals surface area contributed by atoms with Crippen LogP contribution in [0.5, 0.6) is 0 Å². The normalized spacial score (nSPS) is 13.0. The van der Waals surface area contributed by atoms with E-state index < -0.39 is 0 Å². The fraction of sp³-hybridized carbons (Fsp3) is 0.176. The number of carbonyl (C=O) groups is 2. The number of aryl methyl sites for hydroxylation is 1. The summed E-state index contributed by atoms with van der Waals surface area (Å²) < 4.78 is 0. The summed E-state index contributed by atoms with van der Waals surface area (Å²) >= 11 is 0. The monoisotopic (exact) mass is 280 g/mol. The lowest BCUT2D eigenvalue weighted by atomic mass is 9.81. The number of rotatable bonds is 2. The predicted molar refractivity (Wildman–Crippen MR) is 82.6 cm³/mol. The smallest absolute Gasteiger partial charge is 0.196 e. The molecule has 4 N–H and O–H groups in total. The molecular weight excluding hydrogens is 264 g/mol. The zero-order valence-corrected chi connectivity index (χ0v) is 11.8. The number of ketones is 2. The third-order valence-electron chi connectivity index (χ3n) is 3.90. The number of anilines is 2. The van der Waals surface area contributed by atoms with E-state index in [1.165, 1.54) is 0 Å². The number of nitrogen functional groups attached to an aromatic ring is 2. The van der Waals surface area contributed by atoms with Gasteiger partial charge in [-0.3, -0.25) is 9.59 Å². The number of hydrogen-bond acceptors (Lipinski definition) is 4. The standard InChI is InChI=1S/C17H16N2O2/c1-2-5-9-8-12-13(15(19)14(9)18)17(21)11-7-4-3-6-10(11)16(12)20/h3-4,6-8H,2,5,18-19H2,1H3. The van der Waals surface area contributed by atoms with Crippen molar-refractivity contribution in [2.45, 2.75) is 19.8 Å². The molecule has 0 saturated heterocycles. The van der Waals surface area contributed by atoms with Crippen molar-refractivity contribution in [1.29, 1.82) is 0 Å². The molecule has 2 aromatic rings. The third kappa shape index (κ3) is 1.83. The van der Waals surface area contributed by atoms with Crippen LogP contribution in [0.4, 0.5) is 11.4 Å². The van der Waals surface area contributed by atoms with Crippen LogP contribution in [0.25, 0.3) is 0 Å². The van der Waals surface area contributed by atoms with Crippen molar-refractivity contribution in [2.24, 2.45) is 0 Å². The summed E-state index contributed by atoms with van der Waals surface area (Å²) in [5.41, 5.74) is 15.0. The summed E-state index contributed by atoms with van der Waals surface area (Å²) in [6.07, 6.45) is 1.62. The van der Waals surface area contributed by atoms with E-state index in [1.54, 1.807) is 30.3 Å². The van der Waals surface area contributed by atoms with Crippen LogP contribution in [0.2, 0.25) is 0 Å². The third-order valence-corrected chi connectivity index (χ3v) is 3.90. The summed E-state index contributed by atoms with van der Waals surface area (Å²) in [4.78, 5) is 25.2. The first-order valence-corrected chi connectivity index (χ1v) is 6.95. The van der Waals surface area contributed by atoms with Gasteiger partial charge in [-0.15, -0.1) is 0 Å². The van der Waals surface area contributed by atoms with Gasteiger partial charge in [-0.2, -0.15) is 0 Å². The van der Waals surface area contributed by atoms with Crippen molar-refractivity contribution < 1.29 is 9.59 Å².